The molecule has 7 heteroatoms. The van der Waals surface area contributed by atoms with Crippen LogP contribution in [-0.2, 0) is 4.79 Å². The minimum absolute atomic E-state index is 0.0311. The van der Waals surface area contributed by atoms with Crippen molar-refractivity contribution in [3.05, 3.63) is 21.1 Å². The molecule has 1 aromatic carbocycles. The molecule has 0 bridgehead atoms. The summed E-state index contributed by atoms with van der Waals surface area (Å²) in [5.74, 6) is -0.0762. The molecule has 0 aliphatic heterocycles. The van der Waals surface area contributed by atoms with Gasteiger partial charge in [0.15, 0.2) is 0 Å². The van der Waals surface area contributed by atoms with Crippen molar-refractivity contribution in [3.8, 4) is 5.75 Å². The van der Waals surface area contributed by atoms with Gasteiger partial charge in [0.1, 0.15) is 5.75 Å². The summed E-state index contributed by atoms with van der Waals surface area (Å²) >= 11 is 11.7. The lowest BCUT2D eigenvalue weighted by Gasteiger charge is -2.19. The number of methoxy groups -OCH3 is 1. The highest BCUT2D eigenvalue weighted by molar-refractivity contribution is 9.11. The zero-order valence-electron chi connectivity index (χ0n) is 11.4. The Morgan fingerprint density at radius 2 is 1.95 bits per heavy atom. The summed E-state index contributed by atoms with van der Waals surface area (Å²) in [5.41, 5.74) is 6.25. The van der Waals surface area contributed by atoms with Gasteiger partial charge in [-0.2, -0.15) is 0 Å². The van der Waals surface area contributed by atoms with Crippen LogP contribution < -0.4 is 15.8 Å². The number of nitrogens with two attached hydrogens (primary N) is 1. The highest BCUT2D eigenvalue weighted by Gasteiger charge is 2.25. The number of halogens is 2. The normalized spacial score (nSPS) is 12.1. The number of benzene rings is 1. The Labute approximate surface area is 140 Å². The summed E-state index contributed by atoms with van der Waals surface area (Å²) in [6.45, 7) is 3.81. The first-order chi connectivity index (χ1) is 9.27. The molecule has 0 aliphatic carbocycles. The Morgan fingerprint density at radius 1 is 1.35 bits per heavy atom. The van der Waals surface area contributed by atoms with E-state index in [1.165, 1.54) is 0 Å². The standard InChI is InChI=1S/C13H16Br2N2O2S/c1-6(2)11(12(16)20)13(18)17-9-5-10(19-3)8(15)4-7(9)14/h4-6,11H,1-3H3,(H2,16,20)(H,17,18). The van der Waals surface area contributed by atoms with Crippen LogP contribution in [0.1, 0.15) is 13.8 Å². The molecule has 0 saturated carbocycles. The van der Waals surface area contributed by atoms with Crippen LogP contribution in [0.25, 0.3) is 0 Å². The Morgan fingerprint density at radius 3 is 2.40 bits per heavy atom. The maximum atomic E-state index is 12.3. The fourth-order valence-corrected chi connectivity index (χ4v) is 3.39. The van der Waals surface area contributed by atoms with E-state index in [0.717, 1.165) is 8.95 Å². The van der Waals surface area contributed by atoms with E-state index in [9.17, 15) is 4.79 Å². The Bertz CT molecular complexity index is 535. The number of thiocarbonyl (C=S) groups is 1. The van der Waals surface area contributed by atoms with Crippen LogP contribution >= 0.6 is 44.1 Å². The van der Waals surface area contributed by atoms with E-state index in [4.69, 9.17) is 22.7 Å². The number of anilines is 1. The van der Waals surface area contributed by atoms with E-state index >= 15 is 0 Å². The van der Waals surface area contributed by atoms with Gasteiger partial charge < -0.3 is 15.8 Å². The molecule has 0 heterocycles. The third kappa shape index (κ3) is 4.17. The molecule has 0 aromatic heterocycles. The highest BCUT2D eigenvalue weighted by atomic mass is 79.9. The highest BCUT2D eigenvalue weighted by Crippen LogP contribution is 2.34. The zero-order chi connectivity index (χ0) is 15.4. The van der Waals surface area contributed by atoms with Crippen molar-refractivity contribution in [1.82, 2.24) is 0 Å². The fraction of sp³-hybridized carbons (Fsp3) is 0.385. The Hall–Kier alpha value is -0.660. The average Bonchev–Trinajstić information content (AvgIpc) is 2.31. The molecule has 1 rings (SSSR count). The first kappa shape index (κ1) is 17.4. The van der Waals surface area contributed by atoms with Crippen molar-refractivity contribution < 1.29 is 9.53 Å². The Balaban J connectivity index is 3.03. The predicted molar refractivity (Wildman–Crippen MR) is 92.1 cm³/mol. The van der Waals surface area contributed by atoms with Gasteiger partial charge in [-0.1, -0.05) is 26.1 Å². The number of amides is 1. The van der Waals surface area contributed by atoms with Crippen molar-refractivity contribution in [1.29, 1.82) is 0 Å². The lowest BCUT2D eigenvalue weighted by molar-refractivity contribution is -0.118. The molecule has 1 atom stereocenters. The number of carbonyl (C=O) groups is 1. The molecule has 0 aliphatic rings. The van der Waals surface area contributed by atoms with Crippen LogP contribution in [0, 0.1) is 11.8 Å². The molecule has 4 nitrogen and oxygen atoms in total. The first-order valence-electron chi connectivity index (χ1n) is 5.91. The lowest BCUT2D eigenvalue weighted by Crippen LogP contribution is -2.36. The second-order valence-corrected chi connectivity index (χ2v) is 6.76. The van der Waals surface area contributed by atoms with Crippen LogP contribution in [0.4, 0.5) is 5.69 Å². The van der Waals surface area contributed by atoms with E-state index in [2.05, 4.69) is 37.2 Å². The van der Waals surface area contributed by atoms with Crippen molar-refractivity contribution in [2.45, 2.75) is 13.8 Å². The Kier molecular flexibility index (Phi) is 6.42. The molecule has 1 aromatic rings. The summed E-state index contributed by atoms with van der Waals surface area (Å²) in [4.78, 5) is 12.5. The van der Waals surface area contributed by atoms with Crippen LogP contribution in [0.15, 0.2) is 21.1 Å². The maximum absolute atomic E-state index is 12.3. The zero-order valence-corrected chi connectivity index (χ0v) is 15.4. The predicted octanol–water partition coefficient (Wildman–Crippen LogP) is 3.72. The van der Waals surface area contributed by atoms with Crippen molar-refractivity contribution in [2.75, 3.05) is 12.4 Å². The number of nitrogens with one attached hydrogen (secondary N) is 1. The molecule has 0 fully saturated rings. The van der Waals surface area contributed by atoms with Gasteiger partial charge in [0.2, 0.25) is 5.91 Å². The van der Waals surface area contributed by atoms with E-state index in [-0.39, 0.29) is 16.8 Å². The van der Waals surface area contributed by atoms with Gasteiger partial charge >= 0.3 is 0 Å². The molecule has 1 unspecified atom stereocenters. The summed E-state index contributed by atoms with van der Waals surface area (Å²) < 4.78 is 6.74. The monoisotopic (exact) mass is 422 g/mol. The third-order valence-electron chi connectivity index (χ3n) is 2.76. The lowest BCUT2D eigenvalue weighted by atomic mass is 9.95. The largest absolute Gasteiger partial charge is 0.495 e. The van der Waals surface area contributed by atoms with Crippen LogP contribution in [0.5, 0.6) is 5.75 Å². The average molecular weight is 424 g/mol. The minimum Gasteiger partial charge on any atom is -0.495 e. The topological polar surface area (TPSA) is 64.3 Å². The number of hydrogen-bond acceptors (Lipinski definition) is 3. The molecule has 1 amide bonds. The van der Waals surface area contributed by atoms with Gasteiger partial charge in [-0.25, -0.2) is 0 Å². The number of rotatable bonds is 5. The minimum atomic E-state index is -0.508. The molecule has 20 heavy (non-hydrogen) atoms. The number of hydrogen-bond donors (Lipinski definition) is 2. The fourth-order valence-electron chi connectivity index (χ4n) is 1.75. The molecule has 3 N–H and O–H groups in total. The second kappa shape index (κ2) is 7.38. The molecular weight excluding hydrogens is 408 g/mol. The van der Waals surface area contributed by atoms with Crippen LogP contribution in [0.3, 0.4) is 0 Å². The van der Waals surface area contributed by atoms with Gasteiger partial charge in [-0.05, 0) is 43.8 Å². The smallest absolute Gasteiger partial charge is 0.234 e. The van der Waals surface area contributed by atoms with E-state index in [1.54, 1.807) is 19.2 Å². The summed E-state index contributed by atoms with van der Waals surface area (Å²) in [5, 5.41) is 2.82. The van der Waals surface area contributed by atoms with Gasteiger partial charge in [0.05, 0.1) is 28.2 Å². The van der Waals surface area contributed by atoms with Gasteiger partial charge in [0.25, 0.3) is 0 Å². The third-order valence-corrected chi connectivity index (χ3v) is 4.28. The number of carbonyl (C=O) groups excluding carboxylic acids is 1. The van der Waals surface area contributed by atoms with Crippen molar-refractivity contribution >= 4 is 60.7 Å². The van der Waals surface area contributed by atoms with Crippen LogP contribution in [0.2, 0.25) is 0 Å². The second-order valence-electron chi connectivity index (χ2n) is 4.58. The van der Waals surface area contributed by atoms with Crippen molar-refractivity contribution in [3.63, 3.8) is 0 Å². The molecule has 0 spiro atoms. The van der Waals surface area contributed by atoms with E-state index in [0.29, 0.717) is 11.4 Å². The van der Waals surface area contributed by atoms with E-state index < -0.39 is 5.92 Å². The molecule has 110 valence electrons. The SMILES string of the molecule is COc1cc(NC(=O)C(C(N)=S)C(C)C)c(Br)cc1Br. The molecule has 0 saturated heterocycles. The van der Waals surface area contributed by atoms with Crippen molar-refractivity contribution in [2.24, 2.45) is 17.6 Å². The summed E-state index contributed by atoms with van der Waals surface area (Å²) in [6, 6.07) is 3.53. The van der Waals surface area contributed by atoms with Gasteiger partial charge in [0, 0.05) is 10.5 Å². The first-order valence-corrected chi connectivity index (χ1v) is 7.90. The quantitative estimate of drug-likeness (QED) is 0.708. The maximum Gasteiger partial charge on any atom is 0.234 e. The summed E-state index contributed by atoms with van der Waals surface area (Å²) in [7, 11) is 1.56. The molecule has 0 radical (unpaired) electrons. The summed E-state index contributed by atoms with van der Waals surface area (Å²) in [6.07, 6.45) is 0. The van der Waals surface area contributed by atoms with Crippen LogP contribution in [-0.4, -0.2) is 18.0 Å². The van der Waals surface area contributed by atoms with E-state index in [1.807, 2.05) is 13.8 Å². The molecular formula is C13H16Br2N2O2S. The van der Waals surface area contributed by atoms with Gasteiger partial charge in [-0.15, -0.1) is 0 Å². The van der Waals surface area contributed by atoms with Gasteiger partial charge in [-0.3, -0.25) is 4.79 Å². The number of ether oxygens (including phenoxy) is 1.